The van der Waals surface area contributed by atoms with Crippen LogP contribution in [0.5, 0.6) is 11.5 Å². The fourth-order valence-electron chi connectivity index (χ4n) is 4.92. The van der Waals surface area contributed by atoms with Crippen LogP contribution in [0.25, 0.3) is 0 Å². The minimum atomic E-state index is -1.20. The van der Waals surface area contributed by atoms with E-state index in [0.717, 1.165) is 37.5 Å². The van der Waals surface area contributed by atoms with Gasteiger partial charge in [0, 0.05) is 0 Å². The number of halogens is 2. The number of carbonyl (C=O) groups is 1. The van der Waals surface area contributed by atoms with Gasteiger partial charge in [0.1, 0.15) is 0 Å². The van der Waals surface area contributed by atoms with Gasteiger partial charge in [-0.2, -0.15) is 8.78 Å². The minimum absolute atomic E-state index is 0.241. The van der Waals surface area contributed by atoms with Crippen LogP contribution >= 0.6 is 0 Å². The van der Waals surface area contributed by atoms with Gasteiger partial charge in [-0.15, -0.1) is 0 Å². The van der Waals surface area contributed by atoms with Crippen LogP contribution in [0.3, 0.4) is 0 Å². The van der Waals surface area contributed by atoms with Crippen LogP contribution in [0.1, 0.15) is 65.2 Å². The molecule has 0 spiro atoms. The molecule has 0 aliphatic heterocycles. The first kappa shape index (κ1) is 22.5. The molecular formula is C25H32F2O3. The molecule has 0 unspecified atom stereocenters. The van der Waals surface area contributed by atoms with E-state index in [1.165, 1.54) is 44.1 Å². The van der Waals surface area contributed by atoms with Crippen LogP contribution < -0.4 is 9.47 Å². The molecule has 2 aliphatic carbocycles. The molecule has 3 nitrogen and oxygen atoms in total. The number of benzene rings is 1. The lowest BCUT2D eigenvalue weighted by molar-refractivity contribution is -0.140. The molecule has 0 atom stereocenters. The molecule has 0 bridgehead atoms. The van der Waals surface area contributed by atoms with Gasteiger partial charge in [0.15, 0.2) is 11.5 Å². The molecule has 30 heavy (non-hydrogen) atoms. The summed E-state index contributed by atoms with van der Waals surface area (Å²) in [7, 11) is 0. The first-order valence-corrected chi connectivity index (χ1v) is 11.1. The molecule has 3 rings (SSSR count). The van der Waals surface area contributed by atoms with Crippen molar-refractivity contribution in [2.45, 2.75) is 65.2 Å². The van der Waals surface area contributed by atoms with Crippen LogP contribution in [-0.4, -0.2) is 5.97 Å². The van der Waals surface area contributed by atoms with E-state index >= 15 is 0 Å². The molecule has 0 aromatic heterocycles. The lowest BCUT2D eigenvalue weighted by atomic mass is 9.69. The maximum absolute atomic E-state index is 14.2. The third kappa shape index (κ3) is 5.50. The molecule has 2 saturated carbocycles. The molecule has 1 aromatic rings. The SMILES string of the molecule is C/C=C/Oc1ccc(OC(=O)C2CCC(C3CCC(/C=C/C)CC3)CC2)c(F)c1F. The van der Waals surface area contributed by atoms with E-state index in [2.05, 4.69) is 19.1 Å². The molecule has 0 radical (unpaired) electrons. The Balaban J connectivity index is 1.50. The Hall–Kier alpha value is -2.17. The normalized spacial score (nSPS) is 27.5. The highest BCUT2D eigenvalue weighted by Gasteiger charge is 2.33. The van der Waals surface area contributed by atoms with Crippen molar-refractivity contribution in [3.8, 4) is 11.5 Å². The Morgan fingerprint density at radius 1 is 0.867 bits per heavy atom. The standard InChI is InChI=1S/C25H32F2O3/c1-3-5-17-6-8-18(9-7-17)19-10-12-20(13-11-19)25(28)30-22-15-14-21(29-16-4-2)23(26)24(22)27/h3-5,14-20H,6-13H2,1-2H3/b5-3+,16-4+. The van der Waals surface area contributed by atoms with Gasteiger partial charge in [0.05, 0.1) is 12.2 Å². The van der Waals surface area contributed by atoms with E-state index in [1.54, 1.807) is 13.0 Å². The predicted molar refractivity (Wildman–Crippen MR) is 113 cm³/mol. The molecular weight excluding hydrogens is 386 g/mol. The lowest BCUT2D eigenvalue weighted by Gasteiger charge is -2.36. The Morgan fingerprint density at radius 3 is 2.03 bits per heavy atom. The third-order valence-electron chi connectivity index (χ3n) is 6.61. The molecule has 5 heteroatoms. The summed E-state index contributed by atoms with van der Waals surface area (Å²) in [5.41, 5.74) is 0. The number of ether oxygens (including phenoxy) is 2. The molecule has 2 fully saturated rings. The second-order valence-corrected chi connectivity index (χ2v) is 8.51. The van der Waals surface area contributed by atoms with Crippen molar-refractivity contribution in [2.24, 2.45) is 23.7 Å². The van der Waals surface area contributed by atoms with Crippen molar-refractivity contribution in [3.05, 3.63) is 48.3 Å². The second-order valence-electron chi connectivity index (χ2n) is 8.51. The van der Waals surface area contributed by atoms with E-state index < -0.39 is 17.6 Å². The maximum Gasteiger partial charge on any atom is 0.314 e. The average Bonchev–Trinajstić information content (AvgIpc) is 2.77. The van der Waals surface area contributed by atoms with Gasteiger partial charge < -0.3 is 9.47 Å². The monoisotopic (exact) mass is 418 g/mol. The van der Waals surface area contributed by atoms with Crippen molar-refractivity contribution in [2.75, 3.05) is 0 Å². The quantitative estimate of drug-likeness (QED) is 0.217. The third-order valence-corrected chi connectivity index (χ3v) is 6.61. The van der Waals surface area contributed by atoms with Gasteiger partial charge >= 0.3 is 5.97 Å². The number of carbonyl (C=O) groups excluding carboxylic acids is 1. The van der Waals surface area contributed by atoms with E-state index in [0.29, 0.717) is 5.92 Å². The van der Waals surface area contributed by atoms with Gasteiger partial charge in [-0.05, 0) is 95.1 Å². The number of hydrogen-bond acceptors (Lipinski definition) is 3. The number of hydrogen-bond donors (Lipinski definition) is 0. The molecule has 0 heterocycles. The Labute approximate surface area is 178 Å². The van der Waals surface area contributed by atoms with E-state index in [9.17, 15) is 13.6 Å². The summed E-state index contributed by atoms with van der Waals surface area (Å²) in [6, 6.07) is 2.51. The van der Waals surface area contributed by atoms with Crippen molar-refractivity contribution in [1.82, 2.24) is 0 Å². The molecule has 0 N–H and O–H groups in total. The van der Waals surface area contributed by atoms with Crippen LogP contribution in [0.4, 0.5) is 8.78 Å². The Bertz CT molecular complexity index is 771. The fraction of sp³-hybridized carbons (Fsp3) is 0.560. The van der Waals surface area contributed by atoms with Gasteiger partial charge in [0.25, 0.3) is 0 Å². The van der Waals surface area contributed by atoms with Crippen molar-refractivity contribution >= 4 is 5.97 Å². The van der Waals surface area contributed by atoms with Crippen molar-refractivity contribution in [3.63, 3.8) is 0 Å². The Morgan fingerprint density at radius 2 is 1.43 bits per heavy atom. The highest BCUT2D eigenvalue weighted by Crippen LogP contribution is 2.42. The van der Waals surface area contributed by atoms with Crippen LogP contribution in [0, 0.1) is 35.3 Å². The van der Waals surface area contributed by atoms with E-state index in [4.69, 9.17) is 9.47 Å². The zero-order valence-electron chi connectivity index (χ0n) is 17.9. The first-order chi connectivity index (χ1) is 14.5. The highest BCUT2D eigenvalue weighted by molar-refractivity contribution is 5.75. The summed E-state index contributed by atoms with van der Waals surface area (Å²) in [5.74, 6) is -1.55. The van der Waals surface area contributed by atoms with Crippen molar-refractivity contribution in [1.29, 1.82) is 0 Å². The second kappa shape index (κ2) is 10.7. The zero-order valence-corrected chi connectivity index (χ0v) is 17.9. The van der Waals surface area contributed by atoms with Crippen molar-refractivity contribution < 1.29 is 23.0 Å². The predicted octanol–water partition coefficient (Wildman–Crippen LogP) is 6.97. The lowest BCUT2D eigenvalue weighted by Crippen LogP contribution is -2.30. The maximum atomic E-state index is 14.2. The summed E-state index contributed by atoms with van der Waals surface area (Å²) in [6.45, 7) is 3.78. The van der Waals surface area contributed by atoms with Crippen LogP contribution in [0.2, 0.25) is 0 Å². The van der Waals surface area contributed by atoms with Gasteiger partial charge in [0.2, 0.25) is 11.6 Å². The smallest absolute Gasteiger partial charge is 0.314 e. The largest absolute Gasteiger partial charge is 0.462 e. The van der Waals surface area contributed by atoms with Gasteiger partial charge in [-0.3, -0.25) is 4.79 Å². The molecule has 0 saturated heterocycles. The number of allylic oxidation sites excluding steroid dienone is 3. The van der Waals surface area contributed by atoms with E-state index in [-0.39, 0.29) is 17.4 Å². The Kier molecular flexibility index (Phi) is 8.06. The van der Waals surface area contributed by atoms with Gasteiger partial charge in [-0.1, -0.05) is 18.2 Å². The summed E-state index contributed by atoms with van der Waals surface area (Å²) < 4.78 is 38.5. The average molecular weight is 419 g/mol. The molecule has 2 aliphatic rings. The molecule has 0 amide bonds. The summed E-state index contributed by atoms with van der Waals surface area (Å²) in [4.78, 5) is 12.5. The van der Waals surface area contributed by atoms with Crippen LogP contribution in [-0.2, 0) is 4.79 Å². The van der Waals surface area contributed by atoms with Gasteiger partial charge in [-0.25, -0.2) is 0 Å². The number of rotatable bonds is 6. The fourth-order valence-corrected chi connectivity index (χ4v) is 4.92. The minimum Gasteiger partial charge on any atom is -0.462 e. The number of esters is 1. The molecule has 164 valence electrons. The topological polar surface area (TPSA) is 35.5 Å². The first-order valence-electron chi connectivity index (χ1n) is 11.1. The summed E-state index contributed by atoms with van der Waals surface area (Å²) >= 11 is 0. The summed E-state index contributed by atoms with van der Waals surface area (Å²) in [6.07, 6.45) is 15.9. The molecule has 1 aromatic carbocycles. The zero-order chi connectivity index (χ0) is 21.5. The highest BCUT2D eigenvalue weighted by atomic mass is 19.2. The van der Waals surface area contributed by atoms with E-state index in [1.807, 2.05) is 0 Å². The summed E-state index contributed by atoms with van der Waals surface area (Å²) in [5, 5.41) is 0. The van der Waals surface area contributed by atoms with Crippen LogP contribution in [0.15, 0.2) is 36.6 Å².